The molecule has 4 heteroatoms. The molecule has 0 unspecified atom stereocenters. The summed E-state index contributed by atoms with van der Waals surface area (Å²) in [6, 6.07) is 11.3. The topological polar surface area (TPSA) is 38.2 Å². The number of aromatic nitrogens is 2. The van der Waals surface area contributed by atoms with Crippen molar-refractivity contribution in [3.05, 3.63) is 47.4 Å². The second kappa shape index (κ2) is 7.41. The molecule has 1 atom stereocenters. The van der Waals surface area contributed by atoms with E-state index in [-0.39, 0.29) is 0 Å². The molecule has 24 heavy (non-hydrogen) atoms. The lowest BCUT2D eigenvalue weighted by molar-refractivity contribution is 0.0198. The number of ether oxygens (including phenoxy) is 1. The zero-order valence-corrected chi connectivity index (χ0v) is 15.1. The summed E-state index contributed by atoms with van der Waals surface area (Å²) in [6.45, 7) is 12.2. The summed E-state index contributed by atoms with van der Waals surface area (Å²) in [5.41, 5.74) is 4.61. The number of hydrogen-bond acceptors (Lipinski definition) is 4. The minimum atomic E-state index is 0.408. The molecule has 1 aliphatic rings. The first kappa shape index (κ1) is 17.1. The molecule has 0 radical (unpaired) electrons. The van der Waals surface area contributed by atoms with Crippen molar-refractivity contribution in [3.63, 3.8) is 0 Å². The molecule has 3 rings (SSSR count). The Morgan fingerprint density at radius 1 is 1.00 bits per heavy atom. The first-order chi connectivity index (χ1) is 11.5. The van der Waals surface area contributed by atoms with Crippen LogP contribution < -0.4 is 0 Å². The van der Waals surface area contributed by atoms with Crippen molar-refractivity contribution in [2.75, 3.05) is 26.3 Å². The van der Waals surface area contributed by atoms with Crippen molar-refractivity contribution in [1.29, 1.82) is 0 Å². The summed E-state index contributed by atoms with van der Waals surface area (Å²) < 4.78 is 5.45. The predicted molar refractivity (Wildman–Crippen MR) is 97.1 cm³/mol. The Bertz CT molecular complexity index is 676. The first-order valence-electron chi connectivity index (χ1n) is 8.82. The fourth-order valence-electron chi connectivity index (χ4n) is 3.14. The van der Waals surface area contributed by atoms with Crippen LogP contribution in [0.15, 0.2) is 30.3 Å². The van der Waals surface area contributed by atoms with Gasteiger partial charge < -0.3 is 4.74 Å². The molecule has 2 aromatic rings. The number of rotatable bonds is 4. The van der Waals surface area contributed by atoms with E-state index in [0.717, 1.165) is 49.1 Å². The SMILES string of the molecule is Cc1nc(-c2ccc([C@@H](C)N3CCOCC3)cc2)cc(C(C)C)n1. The Morgan fingerprint density at radius 2 is 1.67 bits per heavy atom. The third-order valence-corrected chi connectivity index (χ3v) is 4.73. The van der Waals surface area contributed by atoms with Gasteiger partial charge >= 0.3 is 0 Å². The van der Waals surface area contributed by atoms with Crippen molar-refractivity contribution in [1.82, 2.24) is 14.9 Å². The van der Waals surface area contributed by atoms with Crippen LogP contribution in [-0.2, 0) is 4.74 Å². The maximum absolute atomic E-state index is 5.45. The third kappa shape index (κ3) is 3.82. The van der Waals surface area contributed by atoms with E-state index in [4.69, 9.17) is 4.74 Å². The number of benzene rings is 1. The van der Waals surface area contributed by atoms with Gasteiger partial charge in [-0.3, -0.25) is 4.90 Å². The van der Waals surface area contributed by atoms with Crippen LogP contribution in [0.1, 0.15) is 49.8 Å². The summed E-state index contributed by atoms with van der Waals surface area (Å²) in [5, 5.41) is 0. The molecule has 128 valence electrons. The highest BCUT2D eigenvalue weighted by Crippen LogP contribution is 2.26. The maximum Gasteiger partial charge on any atom is 0.126 e. The third-order valence-electron chi connectivity index (χ3n) is 4.73. The van der Waals surface area contributed by atoms with Crippen molar-refractivity contribution in [2.45, 2.75) is 39.7 Å². The average molecular weight is 325 g/mol. The van der Waals surface area contributed by atoms with Crippen LogP contribution in [0.4, 0.5) is 0 Å². The first-order valence-corrected chi connectivity index (χ1v) is 8.82. The van der Waals surface area contributed by atoms with Crippen LogP contribution in [0.25, 0.3) is 11.3 Å². The summed E-state index contributed by atoms with van der Waals surface area (Å²) in [6.07, 6.45) is 0. The molecule has 1 aromatic heterocycles. The fourth-order valence-corrected chi connectivity index (χ4v) is 3.14. The van der Waals surface area contributed by atoms with E-state index >= 15 is 0 Å². The lowest BCUT2D eigenvalue weighted by Crippen LogP contribution is -2.37. The van der Waals surface area contributed by atoms with E-state index < -0.39 is 0 Å². The maximum atomic E-state index is 5.45. The van der Waals surface area contributed by atoms with Gasteiger partial charge in [0.25, 0.3) is 0 Å². The molecule has 0 bridgehead atoms. The summed E-state index contributed by atoms with van der Waals surface area (Å²) >= 11 is 0. The highest BCUT2D eigenvalue weighted by Gasteiger charge is 2.18. The molecule has 2 heterocycles. The van der Waals surface area contributed by atoms with Crippen LogP contribution in [0, 0.1) is 6.92 Å². The Balaban J connectivity index is 1.81. The van der Waals surface area contributed by atoms with Crippen molar-refractivity contribution in [2.24, 2.45) is 0 Å². The molecule has 0 spiro atoms. The summed E-state index contributed by atoms with van der Waals surface area (Å²) in [7, 11) is 0. The molecular weight excluding hydrogens is 298 g/mol. The van der Waals surface area contributed by atoms with E-state index in [1.165, 1.54) is 5.56 Å². The number of nitrogens with zero attached hydrogens (tertiary/aromatic N) is 3. The standard InChI is InChI=1S/C20H27N3O/c1-14(2)19-13-20(22-16(4)21-19)18-7-5-17(6-8-18)15(3)23-9-11-24-12-10-23/h5-8,13-15H,9-12H2,1-4H3/t15-/m1/s1. The minimum Gasteiger partial charge on any atom is -0.379 e. The van der Waals surface area contributed by atoms with Crippen LogP contribution in [0.2, 0.25) is 0 Å². The van der Waals surface area contributed by atoms with Gasteiger partial charge in [-0.1, -0.05) is 38.1 Å². The number of hydrogen-bond donors (Lipinski definition) is 0. The Morgan fingerprint density at radius 3 is 2.29 bits per heavy atom. The second-order valence-electron chi connectivity index (χ2n) is 6.83. The summed E-state index contributed by atoms with van der Waals surface area (Å²) in [4.78, 5) is 11.6. The molecule has 0 amide bonds. The molecule has 0 saturated carbocycles. The Kier molecular flexibility index (Phi) is 5.27. The normalized spacial score (nSPS) is 17.2. The van der Waals surface area contributed by atoms with Crippen LogP contribution in [-0.4, -0.2) is 41.2 Å². The molecule has 0 N–H and O–H groups in total. The van der Waals surface area contributed by atoms with Gasteiger partial charge in [-0.25, -0.2) is 9.97 Å². The molecule has 1 aliphatic heterocycles. The number of morpholine rings is 1. The second-order valence-corrected chi connectivity index (χ2v) is 6.83. The zero-order chi connectivity index (χ0) is 17.1. The van der Waals surface area contributed by atoms with E-state index in [1.807, 2.05) is 6.92 Å². The van der Waals surface area contributed by atoms with Gasteiger partial charge in [0.2, 0.25) is 0 Å². The molecule has 4 nitrogen and oxygen atoms in total. The molecule has 0 aliphatic carbocycles. The van der Waals surface area contributed by atoms with E-state index in [2.05, 4.69) is 66.0 Å². The van der Waals surface area contributed by atoms with Gasteiger partial charge in [0.05, 0.1) is 18.9 Å². The average Bonchev–Trinajstić information content (AvgIpc) is 2.61. The lowest BCUT2D eigenvalue weighted by atomic mass is 10.0. The van der Waals surface area contributed by atoms with Crippen LogP contribution >= 0.6 is 0 Å². The zero-order valence-electron chi connectivity index (χ0n) is 15.1. The highest BCUT2D eigenvalue weighted by atomic mass is 16.5. The predicted octanol–water partition coefficient (Wildman–Crippen LogP) is 3.97. The van der Waals surface area contributed by atoms with Crippen molar-refractivity contribution in [3.8, 4) is 11.3 Å². The molecule has 1 fully saturated rings. The molecule has 1 saturated heterocycles. The lowest BCUT2D eigenvalue weighted by Gasteiger charge is -2.32. The van der Waals surface area contributed by atoms with Crippen LogP contribution in [0.3, 0.4) is 0 Å². The van der Waals surface area contributed by atoms with E-state index in [0.29, 0.717) is 12.0 Å². The smallest absolute Gasteiger partial charge is 0.126 e. The number of aryl methyl sites for hydroxylation is 1. The van der Waals surface area contributed by atoms with Crippen LogP contribution in [0.5, 0.6) is 0 Å². The van der Waals surface area contributed by atoms with Gasteiger partial charge in [0.15, 0.2) is 0 Å². The molecular formula is C20H27N3O. The van der Waals surface area contributed by atoms with Gasteiger partial charge in [0, 0.05) is 30.4 Å². The molecule has 1 aromatic carbocycles. The summed E-state index contributed by atoms with van der Waals surface area (Å²) in [5.74, 6) is 1.24. The van der Waals surface area contributed by atoms with Gasteiger partial charge in [-0.15, -0.1) is 0 Å². The van der Waals surface area contributed by atoms with Crippen molar-refractivity contribution >= 4 is 0 Å². The Hall–Kier alpha value is -1.78. The highest BCUT2D eigenvalue weighted by molar-refractivity contribution is 5.60. The van der Waals surface area contributed by atoms with E-state index in [1.54, 1.807) is 0 Å². The monoisotopic (exact) mass is 325 g/mol. The van der Waals surface area contributed by atoms with Crippen molar-refractivity contribution < 1.29 is 4.74 Å². The van der Waals surface area contributed by atoms with Gasteiger partial charge in [0.1, 0.15) is 5.82 Å². The van der Waals surface area contributed by atoms with Gasteiger partial charge in [-0.2, -0.15) is 0 Å². The largest absolute Gasteiger partial charge is 0.379 e. The Labute approximate surface area is 144 Å². The fraction of sp³-hybridized carbons (Fsp3) is 0.500. The quantitative estimate of drug-likeness (QED) is 0.852. The van der Waals surface area contributed by atoms with Gasteiger partial charge in [-0.05, 0) is 31.4 Å². The van der Waals surface area contributed by atoms with E-state index in [9.17, 15) is 0 Å². The minimum absolute atomic E-state index is 0.408.